The van der Waals surface area contributed by atoms with Crippen LogP contribution < -0.4 is 5.32 Å². The van der Waals surface area contributed by atoms with E-state index in [1.165, 1.54) is 18.1 Å². The number of hydrogen-bond acceptors (Lipinski definition) is 5. The molecule has 5 nitrogen and oxygen atoms in total. The van der Waals surface area contributed by atoms with E-state index in [1.807, 2.05) is 18.5 Å². The molecular formula is C11H8ClN5S. The zero-order valence-electron chi connectivity index (χ0n) is 9.38. The van der Waals surface area contributed by atoms with Crippen molar-refractivity contribution in [2.24, 2.45) is 4.99 Å². The van der Waals surface area contributed by atoms with Gasteiger partial charge in [0, 0.05) is 5.39 Å². The van der Waals surface area contributed by atoms with Gasteiger partial charge in [0.25, 0.3) is 0 Å². The van der Waals surface area contributed by atoms with Crippen LogP contribution in [0.3, 0.4) is 0 Å². The molecule has 7 heteroatoms. The van der Waals surface area contributed by atoms with E-state index in [2.05, 4.69) is 20.3 Å². The van der Waals surface area contributed by atoms with Crippen LogP contribution in [0, 0.1) is 11.5 Å². The summed E-state index contributed by atoms with van der Waals surface area (Å²) < 4.78 is 0. The summed E-state index contributed by atoms with van der Waals surface area (Å²) in [5, 5.41) is 12.7. The lowest BCUT2D eigenvalue weighted by Crippen LogP contribution is -2.12. The van der Waals surface area contributed by atoms with E-state index in [0.717, 1.165) is 10.9 Å². The first-order valence-corrected chi connectivity index (χ1v) is 6.53. The SMILES string of the molecule is CSC(=Nc1ccc2ncnc(Cl)c2c1)NC#N. The van der Waals surface area contributed by atoms with Gasteiger partial charge >= 0.3 is 0 Å². The quantitative estimate of drug-likeness (QED) is 0.285. The van der Waals surface area contributed by atoms with Crippen LogP contribution in [0.2, 0.25) is 5.15 Å². The van der Waals surface area contributed by atoms with Gasteiger partial charge in [-0.05, 0) is 24.5 Å². The first-order chi connectivity index (χ1) is 8.74. The van der Waals surface area contributed by atoms with Crippen molar-refractivity contribution >= 4 is 45.1 Å². The minimum atomic E-state index is 0.385. The zero-order valence-corrected chi connectivity index (χ0v) is 11.0. The van der Waals surface area contributed by atoms with E-state index >= 15 is 0 Å². The van der Waals surface area contributed by atoms with E-state index in [9.17, 15) is 0 Å². The number of hydrogen-bond donors (Lipinski definition) is 1. The van der Waals surface area contributed by atoms with Crippen LogP contribution in [0.25, 0.3) is 10.9 Å². The van der Waals surface area contributed by atoms with E-state index in [0.29, 0.717) is 16.0 Å². The van der Waals surface area contributed by atoms with E-state index in [1.54, 1.807) is 12.1 Å². The molecule has 0 spiro atoms. The van der Waals surface area contributed by atoms with Gasteiger partial charge in [-0.25, -0.2) is 15.0 Å². The maximum atomic E-state index is 8.57. The first-order valence-electron chi connectivity index (χ1n) is 4.92. The molecule has 0 fully saturated rings. The normalized spacial score (nSPS) is 11.3. The number of rotatable bonds is 1. The Morgan fingerprint density at radius 2 is 2.33 bits per heavy atom. The molecule has 0 bridgehead atoms. The Bertz CT molecular complexity index is 649. The highest BCUT2D eigenvalue weighted by Crippen LogP contribution is 2.24. The van der Waals surface area contributed by atoms with Crippen molar-refractivity contribution in [3.63, 3.8) is 0 Å². The number of nitrogens with one attached hydrogen (secondary N) is 1. The third-order valence-electron chi connectivity index (χ3n) is 2.16. The predicted octanol–water partition coefficient (Wildman–Crippen LogP) is 2.70. The number of nitrogens with zero attached hydrogens (tertiary/aromatic N) is 4. The number of thioether (sulfide) groups is 1. The van der Waals surface area contributed by atoms with Crippen molar-refractivity contribution in [3.05, 3.63) is 29.7 Å². The monoisotopic (exact) mass is 277 g/mol. The number of benzene rings is 1. The molecule has 0 radical (unpaired) electrons. The minimum Gasteiger partial charge on any atom is -0.271 e. The molecule has 0 aliphatic rings. The Kier molecular flexibility index (Phi) is 3.97. The molecule has 0 unspecified atom stereocenters. The molecule has 0 aliphatic heterocycles. The van der Waals surface area contributed by atoms with Crippen molar-refractivity contribution < 1.29 is 0 Å². The number of nitriles is 1. The summed E-state index contributed by atoms with van der Waals surface area (Å²) in [5.74, 6) is 0. The lowest BCUT2D eigenvalue weighted by Gasteiger charge is -2.02. The number of halogens is 1. The molecular weight excluding hydrogens is 270 g/mol. The topological polar surface area (TPSA) is 74.0 Å². The first kappa shape index (κ1) is 12.6. The van der Waals surface area contributed by atoms with E-state index < -0.39 is 0 Å². The average Bonchev–Trinajstić information content (AvgIpc) is 2.39. The fourth-order valence-electron chi connectivity index (χ4n) is 1.37. The smallest absolute Gasteiger partial charge is 0.183 e. The summed E-state index contributed by atoms with van der Waals surface area (Å²) in [6, 6.07) is 5.40. The molecule has 0 aliphatic carbocycles. The standard InChI is InChI=1S/C11H8ClN5S/c1-18-11(14-5-13)17-7-2-3-9-8(4-7)10(12)16-6-15-9/h2-4,6H,1H3,(H,14,17). The molecule has 1 aromatic carbocycles. The number of fused-ring (bicyclic) bond motifs is 1. The lowest BCUT2D eigenvalue weighted by atomic mass is 10.2. The maximum absolute atomic E-state index is 8.57. The Balaban J connectivity index is 2.47. The van der Waals surface area contributed by atoms with Crippen LogP contribution in [-0.2, 0) is 0 Å². The van der Waals surface area contributed by atoms with Gasteiger partial charge in [-0.3, -0.25) is 5.32 Å². The summed E-state index contributed by atoms with van der Waals surface area (Å²) in [6.45, 7) is 0. The summed E-state index contributed by atoms with van der Waals surface area (Å²) in [7, 11) is 0. The van der Waals surface area contributed by atoms with Gasteiger partial charge in [0.1, 0.15) is 11.5 Å². The highest BCUT2D eigenvalue weighted by atomic mass is 35.5. The largest absolute Gasteiger partial charge is 0.271 e. The van der Waals surface area contributed by atoms with E-state index in [4.69, 9.17) is 16.9 Å². The molecule has 18 heavy (non-hydrogen) atoms. The van der Waals surface area contributed by atoms with E-state index in [-0.39, 0.29) is 0 Å². The van der Waals surface area contributed by atoms with Crippen molar-refractivity contribution in [1.29, 1.82) is 5.26 Å². The summed E-state index contributed by atoms with van der Waals surface area (Å²) in [5.41, 5.74) is 1.44. The summed E-state index contributed by atoms with van der Waals surface area (Å²) in [4.78, 5) is 12.3. The molecule has 1 N–H and O–H groups in total. The van der Waals surface area contributed by atoms with Gasteiger partial charge in [0.15, 0.2) is 11.4 Å². The fourth-order valence-corrected chi connectivity index (χ4v) is 1.91. The molecule has 2 aromatic rings. The van der Waals surface area contributed by atoms with Crippen LogP contribution >= 0.6 is 23.4 Å². The lowest BCUT2D eigenvalue weighted by molar-refractivity contribution is 1.22. The molecule has 0 atom stereocenters. The highest BCUT2D eigenvalue weighted by Gasteiger charge is 2.03. The van der Waals surface area contributed by atoms with Crippen LogP contribution in [0.4, 0.5) is 5.69 Å². The Labute approximate surface area is 113 Å². The molecule has 0 saturated carbocycles. The number of aromatic nitrogens is 2. The van der Waals surface area contributed by atoms with Crippen LogP contribution in [0.1, 0.15) is 0 Å². The third kappa shape index (κ3) is 2.70. The van der Waals surface area contributed by atoms with Gasteiger partial charge in [0.05, 0.1) is 11.2 Å². The maximum Gasteiger partial charge on any atom is 0.183 e. The van der Waals surface area contributed by atoms with Crippen molar-refractivity contribution in [2.75, 3.05) is 6.26 Å². The minimum absolute atomic E-state index is 0.385. The van der Waals surface area contributed by atoms with Crippen LogP contribution in [0.5, 0.6) is 0 Å². The number of aliphatic imine (C=N–C) groups is 1. The van der Waals surface area contributed by atoms with Crippen molar-refractivity contribution in [2.45, 2.75) is 0 Å². The average molecular weight is 278 g/mol. The molecule has 0 amide bonds. The summed E-state index contributed by atoms with van der Waals surface area (Å²) in [6.07, 6.45) is 5.08. The Morgan fingerprint density at radius 1 is 1.50 bits per heavy atom. The Hall–Kier alpha value is -1.84. The van der Waals surface area contributed by atoms with Gasteiger partial charge in [-0.15, -0.1) is 0 Å². The van der Waals surface area contributed by atoms with Crippen LogP contribution in [-0.4, -0.2) is 21.4 Å². The summed E-state index contributed by atoms with van der Waals surface area (Å²) >= 11 is 7.34. The van der Waals surface area contributed by atoms with Crippen LogP contribution in [0.15, 0.2) is 29.5 Å². The second-order valence-corrected chi connectivity index (χ2v) is 4.38. The van der Waals surface area contributed by atoms with Crippen molar-refractivity contribution in [3.8, 4) is 6.19 Å². The predicted molar refractivity (Wildman–Crippen MR) is 73.9 cm³/mol. The molecule has 90 valence electrons. The molecule has 2 rings (SSSR count). The van der Waals surface area contributed by atoms with Gasteiger partial charge in [0.2, 0.25) is 0 Å². The van der Waals surface area contributed by atoms with Gasteiger partial charge in [-0.2, -0.15) is 5.26 Å². The molecule has 1 aromatic heterocycles. The third-order valence-corrected chi connectivity index (χ3v) is 3.04. The van der Waals surface area contributed by atoms with Crippen molar-refractivity contribution in [1.82, 2.24) is 15.3 Å². The fraction of sp³-hybridized carbons (Fsp3) is 0.0909. The van der Waals surface area contributed by atoms with Gasteiger partial charge in [-0.1, -0.05) is 23.4 Å². The molecule has 0 saturated heterocycles. The second kappa shape index (κ2) is 5.67. The zero-order chi connectivity index (χ0) is 13.0. The Morgan fingerprint density at radius 3 is 3.06 bits per heavy atom. The van der Waals surface area contributed by atoms with Gasteiger partial charge < -0.3 is 0 Å². The highest BCUT2D eigenvalue weighted by molar-refractivity contribution is 8.13. The number of amidine groups is 1. The second-order valence-electron chi connectivity index (χ2n) is 3.22. The molecule has 1 heterocycles.